The van der Waals surface area contributed by atoms with Crippen LogP contribution in [0.2, 0.25) is 0 Å². The third-order valence-electron chi connectivity index (χ3n) is 4.27. The fourth-order valence-corrected chi connectivity index (χ4v) is 3.74. The van der Waals surface area contributed by atoms with E-state index in [1.165, 1.54) is 0 Å². The summed E-state index contributed by atoms with van der Waals surface area (Å²) in [6.07, 6.45) is 1.03. The van der Waals surface area contributed by atoms with Gasteiger partial charge >= 0.3 is 0 Å². The van der Waals surface area contributed by atoms with Gasteiger partial charge in [0, 0.05) is 30.3 Å². The van der Waals surface area contributed by atoms with Crippen molar-refractivity contribution in [2.45, 2.75) is 26.2 Å². The van der Waals surface area contributed by atoms with E-state index in [2.05, 4.69) is 27.8 Å². The highest BCUT2D eigenvalue weighted by atomic mass is 79.9. The average Bonchev–Trinajstić information content (AvgIpc) is 2.86. The zero-order valence-corrected chi connectivity index (χ0v) is 13.9. The minimum atomic E-state index is 0.137. The fourth-order valence-electron chi connectivity index (χ4n) is 3.10. The first-order valence-corrected chi connectivity index (χ1v) is 8.22. The summed E-state index contributed by atoms with van der Waals surface area (Å²) in [7, 11) is 0. The Hall–Kier alpha value is -1.55. The lowest BCUT2D eigenvalue weighted by molar-refractivity contribution is 0.0730. The topological polar surface area (TPSA) is 36.1 Å². The first-order chi connectivity index (χ1) is 10.2. The largest absolute Gasteiger partial charge is 0.352 e. The van der Waals surface area contributed by atoms with Crippen LogP contribution in [0.4, 0.5) is 0 Å². The number of hydrogen-bond acceptors (Lipinski definition) is 1. The van der Waals surface area contributed by atoms with E-state index in [1.807, 2.05) is 42.2 Å². The molecule has 0 aliphatic carbocycles. The van der Waals surface area contributed by atoms with Crippen LogP contribution < -0.4 is 0 Å². The number of carbonyl (C=O) groups excluding carboxylic acids is 1. The Morgan fingerprint density at radius 2 is 1.95 bits per heavy atom. The minimum Gasteiger partial charge on any atom is -0.352 e. The smallest absolute Gasteiger partial charge is 0.256 e. The van der Waals surface area contributed by atoms with E-state index in [9.17, 15) is 4.79 Å². The van der Waals surface area contributed by atoms with E-state index in [1.54, 1.807) is 0 Å². The van der Waals surface area contributed by atoms with Crippen molar-refractivity contribution in [1.29, 1.82) is 0 Å². The van der Waals surface area contributed by atoms with Crippen LogP contribution in [0.1, 0.15) is 42.2 Å². The number of hydrogen-bond donors (Lipinski definition) is 1. The van der Waals surface area contributed by atoms with Crippen LogP contribution in [-0.2, 0) is 0 Å². The van der Waals surface area contributed by atoms with Crippen LogP contribution in [-0.4, -0.2) is 28.9 Å². The molecule has 0 fully saturated rings. The lowest BCUT2D eigenvalue weighted by Crippen LogP contribution is -2.39. The second-order valence-electron chi connectivity index (χ2n) is 5.42. The molecule has 1 aliphatic rings. The molecule has 1 amide bonds. The van der Waals surface area contributed by atoms with E-state index < -0.39 is 0 Å². The van der Waals surface area contributed by atoms with Gasteiger partial charge in [-0.2, -0.15) is 0 Å². The van der Waals surface area contributed by atoms with Gasteiger partial charge in [0.05, 0.1) is 10.2 Å². The lowest BCUT2D eigenvalue weighted by Gasteiger charge is -2.31. The number of H-pyrrole nitrogens is 1. The SMILES string of the molecule is CCC1CN(CC)C(=O)c2c1[nH]c(Br)c2-c1ccccc1. The van der Waals surface area contributed by atoms with E-state index >= 15 is 0 Å². The highest BCUT2D eigenvalue weighted by Gasteiger charge is 2.35. The van der Waals surface area contributed by atoms with Crippen molar-refractivity contribution in [3.63, 3.8) is 0 Å². The first-order valence-electron chi connectivity index (χ1n) is 7.43. The number of carbonyl (C=O) groups is 1. The molecule has 0 radical (unpaired) electrons. The molecule has 1 aromatic carbocycles. The Labute approximate surface area is 133 Å². The van der Waals surface area contributed by atoms with E-state index in [-0.39, 0.29) is 5.91 Å². The van der Waals surface area contributed by atoms with E-state index in [0.717, 1.165) is 46.5 Å². The van der Waals surface area contributed by atoms with Crippen molar-refractivity contribution in [1.82, 2.24) is 9.88 Å². The molecule has 0 saturated carbocycles. The zero-order chi connectivity index (χ0) is 15.0. The van der Waals surface area contributed by atoms with Crippen LogP contribution in [0.5, 0.6) is 0 Å². The number of amides is 1. The molecule has 1 unspecified atom stereocenters. The molecule has 0 saturated heterocycles. The Bertz CT molecular complexity index is 663. The average molecular weight is 347 g/mol. The van der Waals surface area contributed by atoms with Crippen molar-refractivity contribution in [3.8, 4) is 11.1 Å². The summed E-state index contributed by atoms with van der Waals surface area (Å²) in [6.45, 7) is 5.78. The fraction of sp³-hybridized carbons (Fsp3) is 0.353. The molecule has 3 rings (SSSR count). The van der Waals surface area contributed by atoms with Gasteiger partial charge in [0.25, 0.3) is 5.91 Å². The first kappa shape index (κ1) is 14.4. The van der Waals surface area contributed by atoms with Gasteiger partial charge < -0.3 is 9.88 Å². The minimum absolute atomic E-state index is 0.137. The van der Waals surface area contributed by atoms with Crippen molar-refractivity contribution in [3.05, 3.63) is 46.2 Å². The quantitative estimate of drug-likeness (QED) is 0.877. The Morgan fingerprint density at radius 1 is 1.24 bits per heavy atom. The van der Waals surface area contributed by atoms with Crippen molar-refractivity contribution in [2.75, 3.05) is 13.1 Å². The second-order valence-corrected chi connectivity index (χ2v) is 6.21. The third-order valence-corrected chi connectivity index (χ3v) is 4.87. The second kappa shape index (κ2) is 5.68. The Morgan fingerprint density at radius 3 is 2.57 bits per heavy atom. The van der Waals surface area contributed by atoms with Gasteiger partial charge in [-0.1, -0.05) is 37.3 Å². The predicted molar refractivity (Wildman–Crippen MR) is 88.5 cm³/mol. The molecule has 1 aromatic heterocycles. The van der Waals surface area contributed by atoms with Gasteiger partial charge in [-0.05, 0) is 34.8 Å². The number of benzene rings is 1. The lowest BCUT2D eigenvalue weighted by atomic mass is 9.90. The zero-order valence-electron chi connectivity index (χ0n) is 12.3. The van der Waals surface area contributed by atoms with E-state index in [0.29, 0.717) is 5.92 Å². The molecule has 110 valence electrons. The molecule has 1 atom stereocenters. The van der Waals surface area contributed by atoms with Gasteiger partial charge in [0.2, 0.25) is 0 Å². The number of aromatic amines is 1. The van der Waals surface area contributed by atoms with Gasteiger partial charge in [0.1, 0.15) is 0 Å². The maximum Gasteiger partial charge on any atom is 0.256 e. The van der Waals surface area contributed by atoms with Crippen LogP contribution >= 0.6 is 15.9 Å². The van der Waals surface area contributed by atoms with Crippen LogP contribution in [0.3, 0.4) is 0 Å². The monoisotopic (exact) mass is 346 g/mol. The molecule has 4 heteroatoms. The van der Waals surface area contributed by atoms with Gasteiger partial charge in [-0.15, -0.1) is 0 Å². The molecule has 0 spiro atoms. The van der Waals surface area contributed by atoms with Crippen molar-refractivity contribution >= 4 is 21.8 Å². The number of halogens is 1. The Balaban J connectivity index is 2.21. The number of aromatic nitrogens is 1. The highest BCUT2D eigenvalue weighted by molar-refractivity contribution is 9.10. The summed E-state index contributed by atoms with van der Waals surface area (Å²) in [4.78, 5) is 18.2. The van der Waals surface area contributed by atoms with Crippen LogP contribution in [0.15, 0.2) is 34.9 Å². The third kappa shape index (κ3) is 2.31. The number of likely N-dealkylation sites (N-methyl/N-ethyl adjacent to an activating group) is 1. The number of rotatable bonds is 3. The maximum absolute atomic E-state index is 12.8. The van der Waals surface area contributed by atoms with Gasteiger partial charge in [0.15, 0.2) is 0 Å². The summed E-state index contributed by atoms with van der Waals surface area (Å²) in [6, 6.07) is 10.1. The molecule has 1 aliphatic heterocycles. The molecular weight excluding hydrogens is 328 g/mol. The summed E-state index contributed by atoms with van der Waals surface area (Å²) < 4.78 is 0.906. The van der Waals surface area contributed by atoms with Crippen molar-refractivity contribution < 1.29 is 4.79 Å². The van der Waals surface area contributed by atoms with Gasteiger partial charge in [-0.3, -0.25) is 4.79 Å². The summed E-state index contributed by atoms with van der Waals surface area (Å²) in [5, 5.41) is 0. The molecule has 21 heavy (non-hydrogen) atoms. The highest BCUT2D eigenvalue weighted by Crippen LogP contribution is 2.40. The van der Waals surface area contributed by atoms with Crippen LogP contribution in [0, 0.1) is 0 Å². The molecular formula is C17H19BrN2O. The number of nitrogens with zero attached hydrogens (tertiary/aromatic N) is 1. The standard InChI is InChI=1S/C17H19BrN2O/c1-3-11-10-20(4-2)17(21)14-13(16(18)19-15(11)14)12-8-6-5-7-9-12/h5-9,11,19H,3-4,10H2,1-2H3. The maximum atomic E-state index is 12.8. The van der Waals surface area contributed by atoms with E-state index in [4.69, 9.17) is 0 Å². The molecule has 3 nitrogen and oxygen atoms in total. The summed E-state index contributed by atoms with van der Waals surface area (Å²) in [5.41, 5.74) is 3.99. The van der Waals surface area contributed by atoms with Crippen LogP contribution in [0.25, 0.3) is 11.1 Å². The summed E-state index contributed by atoms with van der Waals surface area (Å²) >= 11 is 3.61. The molecule has 1 N–H and O–H groups in total. The Kier molecular flexibility index (Phi) is 3.89. The predicted octanol–water partition coefficient (Wildman–Crippen LogP) is 4.41. The number of nitrogens with one attached hydrogen (secondary N) is 1. The normalized spacial score (nSPS) is 18.0. The molecule has 2 aromatic rings. The summed E-state index contributed by atoms with van der Waals surface area (Å²) in [5.74, 6) is 0.518. The number of fused-ring (bicyclic) bond motifs is 1. The van der Waals surface area contributed by atoms with Crippen molar-refractivity contribution in [2.24, 2.45) is 0 Å². The molecule has 2 heterocycles. The molecule has 0 bridgehead atoms. The van der Waals surface area contributed by atoms with Gasteiger partial charge in [-0.25, -0.2) is 0 Å².